The molecule has 0 saturated heterocycles. The van der Waals surface area contributed by atoms with Gasteiger partial charge in [-0.2, -0.15) is 0 Å². The first kappa shape index (κ1) is 13.0. The maximum absolute atomic E-state index is 4.64. The lowest BCUT2D eigenvalue weighted by molar-refractivity contribution is 0.686. The van der Waals surface area contributed by atoms with Crippen LogP contribution in [0.2, 0.25) is 0 Å². The Morgan fingerprint density at radius 2 is 2.10 bits per heavy atom. The number of nitrogens with one attached hydrogen (secondary N) is 1. The fourth-order valence-electron chi connectivity index (χ4n) is 3.50. The third-order valence-corrected chi connectivity index (χ3v) is 4.84. The van der Waals surface area contributed by atoms with E-state index in [0.29, 0.717) is 5.92 Å². The molecule has 0 aliphatic heterocycles. The van der Waals surface area contributed by atoms with Gasteiger partial charge in [-0.3, -0.25) is 4.98 Å². The molecule has 1 heterocycles. The highest BCUT2D eigenvalue weighted by molar-refractivity contribution is 5.42. The normalized spacial score (nSPS) is 20.5. The average molecular weight is 278 g/mol. The summed E-state index contributed by atoms with van der Waals surface area (Å²) in [5.41, 5.74) is 7.00. The van der Waals surface area contributed by atoms with Crippen LogP contribution in [0.1, 0.15) is 53.1 Å². The summed E-state index contributed by atoms with van der Waals surface area (Å²) in [5, 5.41) is 3.59. The van der Waals surface area contributed by atoms with Gasteiger partial charge in [0.1, 0.15) is 0 Å². The molecule has 108 valence electrons. The van der Waals surface area contributed by atoms with E-state index in [-0.39, 0.29) is 0 Å². The highest BCUT2D eigenvalue weighted by atomic mass is 14.9. The molecule has 1 aromatic carbocycles. The molecule has 1 aromatic heterocycles. The number of nitrogens with zero attached hydrogens (tertiary/aromatic N) is 1. The highest BCUT2D eigenvalue weighted by Gasteiger charge is 2.26. The number of benzene rings is 1. The van der Waals surface area contributed by atoms with E-state index < -0.39 is 0 Å². The molecule has 1 saturated carbocycles. The van der Waals surface area contributed by atoms with Crippen molar-refractivity contribution >= 4 is 0 Å². The van der Waals surface area contributed by atoms with E-state index in [1.165, 1.54) is 47.2 Å². The Kier molecular flexibility index (Phi) is 3.27. The summed E-state index contributed by atoms with van der Waals surface area (Å²) in [7, 11) is 0. The first-order chi connectivity index (χ1) is 10.3. The quantitative estimate of drug-likeness (QED) is 0.922. The minimum atomic E-state index is 0.492. The van der Waals surface area contributed by atoms with Gasteiger partial charge in [0.05, 0.1) is 5.69 Å². The van der Waals surface area contributed by atoms with E-state index >= 15 is 0 Å². The molecular formula is C19H22N2. The second kappa shape index (κ2) is 5.27. The lowest BCUT2D eigenvalue weighted by atomic mass is 9.91. The Hall–Kier alpha value is -1.67. The zero-order valence-electron chi connectivity index (χ0n) is 12.6. The molecule has 1 fully saturated rings. The second-order valence-corrected chi connectivity index (χ2v) is 6.49. The SMILES string of the molecule is Cc1cc(CNC2CC2)ccc1C1CCc2cccnc21. The van der Waals surface area contributed by atoms with Crippen LogP contribution in [0.25, 0.3) is 0 Å². The summed E-state index contributed by atoms with van der Waals surface area (Å²) in [6, 6.07) is 12.0. The van der Waals surface area contributed by atoms with Crippen molar-refractivity contribution in [2.75, 3.05) is 0 Å². The predicted octanol–water partition coefficient (Wildman–Crippen LogP) is 3.72. The summed E-state index contributed by atoms with van der Waals surface area (Å²) in [6.45, 7) is 3.25. The van der Waals surface area contributed by atoms with Crippen molar-refractivity contribution in [2.24, 2.45) is 0 Å². The molecule has 2 nitrogen and oxygen atoms in total. The Morgan fingerprint density at radius 1 is 1.19 bits per heavy atom. The first-order valence-electron chi connectivity index (χ1n) is 8.08. The fraction of sp³-hybridized carbons (Fsp3) is 0.421. The van der Waals surface area contributed by atoms with Crippen molar-refractivity contribution in [1.82, 2.24) is 10.3 Å². The van der Waals surface area contributed by atoms with Crippen molar-refractivity contribution in [3.05, 3.63) is 64.5 Å². The monoisotopic (exact) mass is 278 g/mol. The summed E-state index contributed by atoms with van der Waals surface area (Å²) in [6.07, 6.45) is 6.99. The Bertz CT molecular complexity index is 658. The standard InChI is InChI=1S/C19H22N2/c1-13-11-14(12-21-16-6-7-16)4-8-17(13)18-9-5-15-3-2-10-20-19(15)18/h2-4,8,10-11,16,18,21H,5-7,9,12H2,1H3. The number of hydrogen-bond acceptors (Lipinski definition) is 2. The fourth-order valence-corrected chi connectivity index (χ4v) is 3.50. The van der Waals surface area contributed by atoms with Gasteiger partial charge in [0, 0.05) is 24.7 Å². The van der Waals surface area contributed by atoms with E-state index in [9.17, 15) is 0 Å². The van der Waals surface area contributed by atoms with Gasteiger partial charge >= 0.3 is 0 Å². The minimum absolute atomic E-state index is 0.492. The van der Waals surface area contributed by atoms with Crippen LogP contribution in [0.5, 0.6) is 0 Å². The molecule has 2 aromatic rings. The Morgan fingerprint density at radius 3 is 2.90 bits per heavy atom. The minimum Gasteiger partial charge on any atom is -0.310 e. The second-order valence-electron chi connectivity index (χ2n) is 6.49. The molecule has 0 amide bonds. The molecule has 0 bridgehead atoms. The molecule has 0 radical (unpaired) electrons. The van der Waals surface area contributed by atoms with E-state index in [4.69, 9.17) is 0 Å². The molecule has 1 N–H and O–H groups in total. The van der Waals surface area contributed by atoms with Crippen LogP contribution < -0.4 is 5.32 Å². The van der Waals surface area contributed by atoms with Gasteiger partial charge in [0.2, 0.25) is 0 Å². The third kappa shape index (κ3) is 2.60. The maximum Gasteiger partial charge on any atom is 0.0510 e. The van der Waals surface area contributed by atoms with Gasteiger partial charge in [-0.15, -0.1) is 0 Å². The molecule has 1 atom stereocenters. The summed E-state index contributed by atoms with van der Waals surface area (Å²) in [4.78, 5) is 4.64. The zero-order chi connectivity index (χ0) is 14.2. The molecule has 0 spiro atoms. The average Bonchev–Trinajstić information content (AvgIpc) is 3.24. The van der Waals surface area contributed by atoms with Gasteiger partial charge < -0.3 is 5.32 Å². The molecule has 21 heavy (non-hydrogen) atoms. The van der Waals surface area contributed by atoms with Crippen LogP contribution >= 0.6 is 0 Å². The predicted molar refractivity (Wildman–Crippen MR) is 85.4 cm³/mol. The third-order valence-electron chi connectivity index (χ3n) is 4.84. The smallest absolute Gasteiger partial charge is 0.0510 e. The zero-order valence-corrected chi connectivity index (χ0v) is 12.6. The lowest BCUT2D eigenvalue weighted by Crippen LogP contribution is -2.15. The number of aromatic nitrogens is 1. The summed E-state index contributed by atoms with van der Waals surface area (Å²) < 4.78 is 0. The van der Waals surface area contributed by atoms with E-state index in [0.717, 1.165) is 19.0 Å². The van der Waals surface area contributed by atoms with Crippen LogP contribution in [0.4, 0.5) is 0 Å². The highest BCUT2D eigenvalue weighted by Crippen LogP contribution is 2.38. The number of aryl methyl sites for hydroxylation is 2. The molecular weight excluding hydrogens is 256 g/mol. The largest absolute Gasteiger partial charge is 0.310 e. The van der Waals surface area contributed by atoms with Crippen LogP contribution in [0, 0.1) is 6.92 Å². The van der Waals surface area contributed by atoms with E-state index in [1.54, 1.807) is 0 Å². The van der Waals surface area contributed by atoms with Crippen molar-refractivity contribution in [3.8, 4) is 0 Å². The molecule has 2 aliphatic carbocycles. The van der Waals surface area contributed by atoms with Gasteiger partial charge in [-0.05, 0) is 60.9 Å². The number of hydrogen-bond donors (Lipinski definition) is 1. The van der Waals surface area contributed by atoms with Crippen molar-refractivity contribution in [3.63, 3.8) is 0 Å². The van der Waals surface area contributed by atoms with Crippen LogP contribution in [0.3, 0.4) is 0 Å². The van der Waals surface area contributed by atoms with Crippen molar-refractivity contribution < 1.29 is 0 Å². The molecule has 2 heteroatoms. The van der Waals surface area contributed by atoms with Crippen molar-refractivity contribution in [1.29, 1.82) is 0 Å². The van der Waals surface area contributed by atoms with Crippen LogP contribution in [-0.2, 0) is 13.0 Å². The Labute approximate surface area is 126 Å². The Balaban J connectivity index is 1.58. The number of pyridine rings is 1. The van der Waals surface area contributed by atoms with Gasteiger partial charge in [-0.25, -0.2) is 0 Å². The van der Waals surface area contributed by atoms with Crippen LogP contribution in [-0.4, -0.2) is 11.0 Å². The van der Waals surface area contributed by atoms with Gasteiger partial charge in [0.25, 0.3) is 0 Å². The van der Waals surface area contributed by atoms with E-state index in [1.807, 2.05) is 6.20 Å². The van der Waals surface area contributed by atoms with Crippen LogP contribution in [0.15, 0.2) is 36.5 Å². The van der Waals surface area contributed by atoms with E-state index in [2.05, 4.69) is 47.6 Å². The molecule has 1 unspecified atom stereocenters. The lowest BCUT2D eigenvalue weighted by Gasteiger charge is -2.15. The first-order valence-corrected chi connectivity index (χ1v) is 8.08. The summed E-state index contributed by atoms with van der Waals surface area (Å²) in [5.74, 6) is 0.492. The maximum atomic E-state index is 4.64. The molecule has 4 rings (SSSR count). The number of fused-ring (bicyclic) bond motifs is 1. The molecule has 2 aliphatic rings. The van der Waals surface area contributed by atoms with Gasteiger partial charge in [-0.1, -0.05) is 24.3 Å². The number of rotatable bonds is 4. The summed E-state index contributed by atoms with van der Waals surface area (Å²) >= 11 is 0. The topological polar surface area (TPSA) is 24.9 Å². The van der Waals surface area contributed by atoms with Crippen molar-refractivity contribution in [2.45, 2.75) is 51.1 Å². The van der Waals surface area contributed by atoms with Gasteiger partial charge in [0.15, 0.2) is 0 Å².